The number of anilines is 2. The average Bonchev–Trinajstić information content (AvgIpc) is 2.88. The maximum absolute atomic E-state index is 13.9. The lowest BCUT2D eigenvalue weighted by atomic mass is 10.1. The van der Waals surface area contributed by atoms with E-state index in [1.807, 2.05) is 0 Å². The first-order valence-corrected chi connectivity index (χ1v) is 7.48. The minimum absolute atomic E-state index is 0.0502. The molecule has 0 spiro atoms. The fourth-order valence-corrected chi connectivity index (χ4v) is 2.72. The van der Waals surface area contributed by atoms with Gasteiger partial charge in [0.2, 0.25) is 11.8 Å². The summed E-state index contributed by atoms with van der Waals surface area (Å²) in [4.78, 5) is 42.7. The van der Waals surface area contributed by atoms with E-state index in [4.69, 9.17) is 0 Å². The Hall–Kier alpha value is -3.10. The van der Waals surface area contributed by atoms with E-state index in [2.05, 4.69) is 15.3 Å². The van der Waals surface area contributed by atoms with Crippen molar-refractivity contribution >= 4 is 23.3 Å². The second kappa shape index (κ2) is 6.42. The van der Waals surface area contributed by atoms with Crippen molar-refractivity contribution in [3.8, 4) is 0 Å². The summed E-state index contributed by atoms with van der Waals surface area (Å²) in [6.07, 6.45) is -0.193. The Morgan fingerprint density at radius 2 is 2.00 bits per heavy atom. The number of aromatic amines is 1. The van der Waals surface area contributed by atoms with E-state index in [9.17, 15) is 23.2 Å². The topological polar surface area (TPSA) is 95.2 Å². The number of carbonyl (C=O) groups excluding carboxylic acids is 2. The number of halogens is 2. The monoisotopic (exact) mass is 348 g/mol. The first-order valence-electron chi connectivity index (χ1n) is 7.48. The molecule has 1 aliphatic rings. The van der Waals surface area contributed by atoms with E-state index >= 15 is 0 Å². The van der Waals surface area contributed by atoms with E-state index in [-0.39, 0.29) is 18.8 Å². The quantitative estimate of drug-likeness (QED) is 0.875. The van der Waals surface area contributed by atoms with Gasteiger partial charge in [0.15, 0.2) is 0 Å². The van der Waals surface area contributed by atoms with Crippen LogP contribution in [0.3, 0.4) is 0 Å². The highest BCUT2D eigenvalue weighted by atomic mass is 19.1. The van der Waals surface area contributed by atoms with Crippen molar-refractivity contribution in [3.63, 3.8) is 0 Å². The number of aryl methyl sites for hydroxylation is 1. The summed E-state index contributed by atoms with van der Waals surface area (Å²) in [5, 5.41) is 2.45. The van der Waals surface area contributed by atoms with Crippen LogP contribution in [0.4, 0.5) is 20.3 Å². The molecule has 2 heterocycles. The number of para-hydroxylation sites is 1. The lowest BCUT2D eigenvalue weighted by molar-refractivity contribution is -0.122. The summed E-state index contributed by atoms with van der Waals surface area (Å²) in [5.74, 6) is -3.62. The van der Waals surface area contributed by atoms with Gasteiger partial charge in [0.25, 0.3) is 0 Å². The smallest absolute Gasteiger partial charge is 0.310 e. The van der Waals surface area contributed by atoms with Crippen LogP contribution in [-0.4, -0.2) is 28.3 Å². The Labute approximate surface area is 140 Å². The number of hydrogen-bond donors (Lipinski definition) is 2. The number of H-pyrrole nitrogens is 1. The Balaban J connectivity index is 1.78. The van der Waals surface area contributed by atoms with Crippen LogP contribution in [0.15, 0.2) is 29.1 Å². The Morgan fingerprint density at radius 1 is 1.32 bits per heavy atom. The normalized spacial score (nSPS) is 17.0. The summed E-state index contributed by atoms with van der Waals surface area (Å²) in [6.45, 7) is 1.46. The number of nitrogens with one attached hydrogen (secondary N) is 2. The third-order valence-corrected chi connectivity index (χ3v) is 3.83. The molecule has 1 aromatic carbocycles. The highest BCUT2D eigenvalue weighted by Gasteiger charge is 2.37. The van der Waals surface area contributed by atoms with Crippen molar-refractivity contribution in [2.24, 2.45) is 5.92 Å². The maximum atomic E-state index is 13.9. The van der Waals surface area contributed by atoms with Crippen molar-refractivity contribution in [1.82, 2.24) is 9.97 Å². The minimum atomic E-state index is -0.874. The van der Waals surface area contributed by atoms with Gasteiger partial charge < -0.3 is 15.2 Å². The molecule has 7 nitrogen and oxygen atoms in total. The van der Waals surface area contributed by atoms with Gasteiger partial charge in [-0.1, -0.05) is 6.07 Å². The fourth-order valence-electron chi connectivity index (χ4n) is 2.72. The molecule has 0 radical (unpaired) electrons. The zero-order chi connectivity index (χ0) is 18.1. The van der Waals surface area contributed by atoms with Gasteiger partial charge in [-0.25, -0.2) is 13.6 Å². The number of nitrogens with zero attached hydrogens (tertiary/aromatic N) is 2. The standard InChI is InChI=1S/C16H14F2N4O3/c1-8-5-12(21-16(25)19-8)20-15(24)9-6-13(23)22(7-9)14-10(17)3-2-4-11(14)18/h2-5,9H,6-7H2,1H3,(H2,19,20,21,24,25)/t9-/m0/s1. The van der Waals surface area contributed by atoms with Crippen molar-refractivity contribution in [1.29, 1.82) is 0 Å². The third kappa shape index (κ3) is 3.39. The molecule has 1 saturated heterocycles. The number of amides is 2. The van der Waals surface area contributed by atoms with Gasteiger partial charge in [0.05, 0.1) is 5.92 Å². The molecule has 2 amide bonds. The van der Waals surface area contributed by atoms with Crippen LogP contribution in [0.1, 0.15) is 12.1 Å². The first kappa shape index (κ1) is 16.7. The molecular weight excluding hydrogens is 334 g/mol. The molecule has 0 aliphatic carbocycles. The Bertz CT molecular complexity index is 892. The molecule has 2 aromatic rings. The summed E-state index contributed by atoms with van der Waals surface area (Å²) in [7, 11) is 0. The van der Waals surface area contributed by atoms with E-state index in [0.717, 1.165) is 17.0 Å². The van der Waals surface area contributed by atoms with Crippen LogP contribution in [0.5, 0.6) is 0 Å². The molecule has 9 heteroatoms. The number of hydrogen-bond acceptors (Lipinski definition) is 4. The van der Waals surface area contributed by atoms with Gasteiger partial charge in [-0.2, -0.15) is 4.98 Å². The number of carbonyl (C=O) groups is 2. The number of aromatic nitrogens is 2. The fraction of sp³-hybridized carbons (Fsp3) is 0.250. The van der Waals surface area contributed by atoms with E-state index in [1.54, 1.807) is 6.92 Å². The minimum Gasteiger partial charge on any atom is -0.310 e. The third-order valence-electron chi connectivity index (χ3n) is 3.83. The first-order chi connectivity index (χ1) is 11.8. The second-order valence-electron chi connectivity index (χ2n) is 5.72. The zero-order valence-electron chi connectivity index (χ0n) is 13.2. The summed E-state index contributed by atoms with van der Waals surface area (Å²) >= 11 is 0. The molecule has 1 aromatic heterocycles. The molecule has 1 fully saturated rings. The molecule has 1 aliphatic heterocycles. The van der Waals surface area contributed by atoms with Gasteiger partial charge in [-0.15, -0.1) is 0 Å². The molecule has 130 valence electrons. The molecule has 0 unspecified atom stereocenters. The van der Waals surface area contributed by atoms with Gasteiger partial charge >= 0.3 is 5.69 Å². The van der Waals surface area contributed by atoms with Crippen LogP contribution >= 0.6 is 0 Å². The number of rotatable bonds is 3. The maximum Gasteiger partial charge on any atom is 0.347 e. The zero-order valence-corrected chi connectivity index (χ0v) is 13.2. The molecule has 3 rings (SSSR count). The Kier molecular flexibility index (Phi) is 4.30. The highest BCUT2D eigenvalue weighted by molar-refractivity contribution is 6.03. The van der Waals surface area contributed by atoms with Gasteiger partial charge in [-0.3, -0.25) is 9.59 Å². The van der Waals surface area contributed by atoms with Crippen LogP contribution in [0.25, 0.3) is 0 Å². The van der Waals surface area contributed by atoms with Crippen molar-refractivity contribution < 1.29 is 18.4 Å². The summed E-state index contributed by atoms with van der Waals surface area (Å²) in [5.41, 5.74) is -0.575. The van der Waals surface area contributed by atoms with E-state index in [0.29, 0.717) is 5.69 Å². The molecule has 1 atom stereocenters. The Morgan fingerprint density at radius 3 is 2.64 bits per heavy atom. The van der Waals surface area contributed by atoms with Crippen LogP contribution in [0.2, 0.25) is 0 Å². The van der Waals surface area contributed by atoms with E-state index < -0.39 is 40.7 Å². The van der Waals surface area contributed by atoms with Gasteiger partial charge in [0, 0.05) is 24.7 Å². The molecule has 25 heavy (non-hydrogen) atoms. The van der Waals surface area contributed by atoms with Gasteiger partial charge in [-0.05, 0) is 19.1 Å². The lowest BCUT2D eigenvalue weighted by Crippen LogP contribution is -2.30. The van der Waals surface area contributed by atoms with Crippen LogP contribution < -0.4 is 15.9 Å². The molecule has 2 N–H and O–H groups in total. The van der Waals surface area contributed by atoms with Crippen molar-refractivity contribution in [3.05, 3.63) is 52.1 Å². The van der Waals surface area contributed by atoms with Gasteiger partial charge in [0.1, 0.15) is 23.1 Å². The van der Waals surface area contributed by atoms with Crippen molar-refractivity contribution in [2.75, 3.05) is 16.8 Å². The SMILES string of the molecule is Cc1cc(NC(=O)[C@H]2CC(=O)N(c3c(F)cccc3F)C2)nc(=O)[nH]1. The summed E-state index contributed by atoms with van der Waals surface area (Å²) in [6, 6.07) is 4.74. The largest absolute Gasteiger partial charge is 0.347 e. The van der Waals surface area contributed by atoms with Crippen molar-refractivity contribution in [2.45, 2.75) is 13.3 Å². The van der Waals surface area contributed by atoms with Crippen LogP contribution in [0, 0.1) is 24.5 Å². The molecule has 0 bridgehead atoms. The predicted molar refractivity (Wildman–Crippen MR) is 85.0 cm³/mol. The predicted octanol–water partition coefficient (Wildman–Crippen LogP) is 1.35. The molecular formula is C16H14F2N4O3. The molecule has 0 saturated carbocycles. The second-order valence-corrected chi connectivity index (χ2v) is 5.72. The lowest BCUT2D eigenvalue weighted by Gasteiger charge is -2.18. The average molecular weight is 348 g/mol. The summed E-state index contributed by atoms with van der Waals surface area (Å²) < 4.78 is 27.7. The van der Waals surface area contributed by atoms with Crippen LogP contribution in [-0.2, 0) is 9.59 Å². The van der Waals surface area contributed by atoms with E-state index in [1.165, 1.54) is 12.1 Å². The highest BCUT2D eigenvalue weighted by Crippen LogP contribution is 2.30. The number of benzene rings is 1.